The van der Waals surface area contributed by atoms with Gasteiger partial charge in [0.25, 0.3) is 5.91 Å². The number of fused-ring (bicyclic) bond motifs is 1. The number of hydrogen-bond acceptors (Lipinski definition) is 3. The Morgan fingerprint density at radius 3 is 2.62 bits per heavy atom. The highest BCUT2D eigenvalue weighted by Crippen LogP contribution is 2.18. The third kappa shape index (κ3) is 3.43. The minimum Gasteiger partial charge on any atom is -0.487 e. The average Bonchev–Trinajstić information content (AvgIpc) is 3.11. The molecule has 134 valence electrons. The molecule has 1 saturated heterocycles. The Hall–Kier alpha value is -2.82. The van der Waals surface area contributed by atoms with Crippen LogP contribution in [0, 0.1) is 6.92 Å². The zero-order valence-electron chi connectivity index (χ0n) is 15.0. The molecule has 1 fully saturated rings. The second-order valence-electron chi connectivity index (χ2n) is 6.82. The van der Waals surface area contributed by atoms with E-state index in [2.05, 4.69) is 4.98 Å². The fraction of sp³-hybridized carbons (Fsp3) is 0.333. The molecule has 4 rings (SSSR count). The van der Waals surface area contributed by atoms with Crippen LogP contribution < -0.4 is 4.74 Å². The number of ether oxygens (including phenoxy) is 1. The second-order valence-corrected chi connectivity index (χ2v) is 6.82. The molecule has 0 N–H and O–H groups in total. The van der Waals surface area contributed by atoms with Crippen molar-refractivity contribution in [2.45, 2.75) is 32.8 Å². The first-order valence-electron chi connectivity index (χ1n) is 9.16. The number of benzene rings is 1. The molecule has 3 heterocycles. The number of rotatable bonds is 4. The van der Waals surface area contributed by atoms with E-state index in [1.807, 2.05) is 65.0 Å². The van der Waals surface area contributed by atoms with Crippen LogP contribution in [-0.2, 0) is 6.61 Å². The van der Waals surface area contributed by atoms with Gasteiger partial charge in [0.15, 0.2) is 0 Å². The first-order chi connectivity index (χ1) is 12.7. The molecule has 1 aliphatic heterocycles. The predicted octanol–water partition coefficient (Wildman–Crippen LogP) is 3.85. The number of carbonyl (C=O) groups excluding carboxylic acids is 1. The van der Waals surface area contributed by atoms with E-state index in [-0.39, 0.29) is 5.91 Å². The maximum Gasteiger partial charge on any atom is 0.253 e. The molecule has 5 nitrogen and oxygen atoms in total. The van der Waals surface area contributed by atoms with Crippen LogP contribution in [0.4, 0.5) is 0 Å². The molecule has 0 radical (unpaired) electrons. The lowest BCUT2D eigenvalue weighted by atomic mass is 10.1. The average molecular weight is 349 g/mol. The molecule has 0 bridgehead atoms. The van der Waals surface area contributed by atoms with Gasteiger partial charge in [-0.1, -0.05) is 6.07 Å². The summed E-state index contributed by atoms with van der Waals surface area (Å²) in [5, 5.41) is 0. The van der Waals surface area contributed by atoms with Gasteiger partial charge in [0.2, 0.25) is 0 Å². The molecule has 2 aromatic heterocycles. The van der Waals surface area contributed by atoms with Crippen LogP contribution >= 0.6 is 0 Å². The summed E-state index contributed by atoms with van der Waals surface area (Å²) in [6, 6.07) is 11.5. The Morgan fingerprint density at radius 1 is 1.12 bits per heavy atom. The number of imidazole rings is 1. The van der Waals surface area contributed by atoms with E-state index in [9.17, 15) is 4.79 Å². The first-order valence-corrected chi connectivity index (χ1v) is 9.16. The highest BCUT2D eigenvalue weighted by Gasteiger charge is 2.17. The summed E-state index contributed by atoms with van der Waals surface area (Å²) in [5.74, 6) is 0.862. The van der Waals surface area contributed by atoms with Crippen molar-refractivity contribution < 1.29 is 9.53 Å². The van der Waals surface area contributed by atoms with Crippen LogP contribution in [0.25, 0.3) is 5.65 Å². The normalized spacial score (nSPS) is 14.6. The predicted molar refractivity (Wildman–Crippen MR) is 100 cm³/mol. The topological polar surface area (TPSA) is 46.8 Å². The molecule has 0 spiro atoms. The molecular formula is C21H23N3O2. The number of likely N-dealkylation sites (tertiary alicyclic amines) is 1. The molecule has 26 heavy (non-hydrogen) atoms. The van der Waals surface area contributed by atoms with Crippen molar-refractivity contribution in [1.82, 2.24) is 14.3 Å². The van der Waals surface area contributed by atoms with Gasteiger partial charge in [0.1, 0.15) is 18.0 Å². The number of carbonyl (C=O) groups is 1. The van der Waals surface area contributed by atoms with Crippen molar-refractivity contribution in [3.8, 4) is 5.75 Å². The molecule has 0 atom stereocenters. The lowest BCUT2D eigenvalue weighted by molar-refractivity contribution is 0.0724. The van der Waals surface area contributed by atoms with E-state index in [1.54, 1.807) is 0 Å². The minimum absolute atomic E-state index is 0.118. The van der Waals surface area contributed by atoms with Gasteiger partial charge in [0.05, 0.1) is 5.69 Å². The van der Waals surface area contributed by atoms with Crippen LogP contribution in [0.2, 0.25) is 0 Å². The summed E-state index contributed by atoms with van der Waals surface area (Å²) in [6.45, 7) is 4.18. The number of piperidine rings is 1. The Bertz CT molecular complexity index is 909. The molecule has 0 aliphatic carbocycles. The quantitative estimate of drug-likeness (QED) is 0.719. The minimum atomic E-state index is 0.118. The number of aryl methyl sites for hydroxylation is 1. The van der Waals surface area contributed by atoms with Crippen molar-refractivity contribution in [3.05, 3.63) is 65.6 Å². The Labute approximate surface area is 153 Å². The van der Waals surface area contributed by atoms with E-state index >= 15 is 0 Å². The SMILES string of the molecule is Cc1cccn2cc(COc3ccc(C(=O)N4CCCCC4)cc3)nc12. The van der Waals surface area contributed by atoms with Crippen LogP contribution in [0.15, 0.2) is 48.8 Å². The van der Waals surface area contributed by atoms with Crippen LogP contribution in [0.5, 0.6) is 5.75 Å². The summed E-state index contributed by atoms with van der Waals surface area (Å²) < 4.78 is 7.85. The van der Waals surface area contributed by atoms with E-state index in [1.165, 1.54) is 6.42 Å². The van der Waals surface area contributed by atoms with Gasteiger partial charge in [-0.2, -0.15) is 0 Å². The zero-order chi connectivity index (χ0) is 17.9. The second kappa shape index (κ2) is 7.20. The standard InChI is InChI=1S/C21H23N3O2/c1-16-6-5-13-24-14-18(22-20(16)24)15-26-19-9-7-17(8-10-19)21(25)23-11-3-2-4-12-23/h5-10,13-14H,2-4,11-12,15H2,1H3. The largest absolute Gasteiger partial charge is 0.487 e. The Kier molecular flexibility index (Phi) is 4.61. The summed E-state index contributed by atoms with van der Waals surface area (Å²) in [7, 11) is 0. The lowest BCUT2D eigenvalue weighted by Gasteiger charge is -2.26. The van der Waals surface area contributed by atoms with E-state index in [0.717, 1.165) is 54.1 Å². The highest BCUT2D eigenvalue weighted by atomic mass is 16.5. The smallest absolute Gasteiger partial charge is 0.253 e. The van der Waals surface area contributed by atoms with Crippen molar-refractivity contribution >= 4 is 11.6 Å². The highest BCUT2D eigenvalue weighted by molar-refractivity contribution is 5.94. The van der Waals surface area contributed by atoms with E-state index in [0.29, 0.717) is 6.61 Å². The lowest BCUT2D eigenvalue weighted by Crippen LogP contribution is -2.35. The van der Waals surface area contributed by atoms with Gasteiger partial charge < -0.3 is 14.0 Å². The van der Waals surface area contributed by atoms with Gasteiger partial charge in [0, 0.05) is 31.0 Å². The molecule has 0 unspecified atom stereocenters. The molecule has 1 amide bonds. The van der Waals surface area contributed by atoms with E-state index in [4.69, 9.17) is 4.74 Å². The maximum absolute atomic E-state index is 12.5. The number of hydrogen-bond donors (Lipinski definition) is 0. The van der Waals surface area contributed by atoms with Gasteiger partial charge in [-0.25, -0.2) is 4.98 Å². The van der Waals surface area contributed by atoms with Gasteiger partial charge >= 0.3 is 0 Å². The first kappa shape index (κ1) is 16.6. The zero-order valence-corrected chi connectivity index (χ0v) is 15.0. The van der Waals surface area contributed by atoms with Gasteiger partial charge in [-0.3, -0.25) is 4.79 Å². The molecular weight excluding hydrogens is 326 g/mol. The summed E-state index contributed by atoms with van der Waals surface area (Å²) in [5.41, 5.74) is 3.70. The summed E-state index contributed by atoms with van der Waals surface area (Å²) in [4.78, 5) is 19.0. The van der Waals surface area contributed by atoms with Crippen molar-refractivity contribution in [3.63, 3.8) is 0 Å². The van der Waals surface area contributed by atoms with Crippen molar-refractivity contribution in [1.29, 1.82) is 0 Å². The number of aromatic nitrogens is 2. The molecule has 5 heteroatoms. The monoisotopic (exact) mass is 349 g/mol. The third-order valence-corrected chi connectivity index (χ3v) is 4.86. The van der Waals surface area contributed by atoms with Crippen molar-refractivity contribution in [2.75, 3.05) is 13.1 Å². The molecule has 0 saturated carbocycles. The number of nitrogens with zero attached hydrogens (tertiary/aromatic N) is 3. The van der Waals surface area contributed by atoms with Crippen LogP contribution in [0.3, 0.4) is 0 Å². The number of pyridine rings is 1. The van der Waals surface area contributed by atoms with Gasteiger partial charge in [-0.05, 0) is 62.1 Å². The summed E-state index contributed by atoms with van der Waals surface area (Å²) >= 11 is 0. The molecule has 3 aromatic rings. The fourth-order valence-corrected chi connectivity index (χ4v) is 3.40. The molecule has 1 aliphatic rings. The van der Waals surface area contributed by atoms with Crippen LogP contribution in [0.1, 0.15) is 40.9 Å². The summed E-state index contributed by atoms with van der Waals surface area (Å²) in [6.07, 6.45) is 7.40. The van der Waals surface area contributed by atoms with E-state index < -0.39 is 0 Å². The molecule has 1 aromatic carbocycles. The Morgan fingerprint density at radius 2 is 1.88 bits per heavy atom. The Balaban J connectivity index is 1.40. The maximum atomic E-state index is 12.5. The van der Waals surface area contributed by atoms with Gasteiger partial charge in [-0.15, -0.1) is 0 Å². The van der Waals surface area contributed by atoms with Crippen molar-refractivity contribution in [2.24, 2.45) is 0 Å². The van der Waals surface area contributed by atoms with Crippen LogP contribution in [-0.4, -0.2) is 33.3 Å². The fourth-order valence-electron chi connectivity index (χ4n) is 3.40. The third-order valence-electron chi connectivity index (χ3n) is 4.86. The number of amides is 1.